The maximum absolute atomic E-state index is 13.4. The zero-order valence-electron chi connectivity index (χ0n) is 14.8. The Kier molecular flexibility index (Phi) is 6.26. The van der Waals surface area contributed by atoms with Crippen molar-refractivity contribution in [3.05, 3.63) is 66.7 Å². The van der Waals surface area contributed by atoms with E-state index in [9.17, 15) is 9.00 Å². The number of rotatable bonds is 6. The minimum Gasteiger partial charge on any atom is -0.490 e. The zero-order chi connectivity index (χ0) is 19.2. The van der Waals surface area contributed by atoms with Crippen LogP contribution in [0, 0.1) is 0 Å². The molecule has 1 amide bonds. The van der Waals surface area contributed by atoms with Crippen LogP contribution < -0.4 is 14.5 Å². The molecule has 0 aromatic heterocycles. The highest BCUT2D eigenvalue weighted by Crippen LogP contribution is 2.33. The van der Waals surface area contributed by atoms with E-state index in [1.54, 1.807) is 28.0 Å². The molecule has 27 heavy (non-hydrogen) atoms. The van der Waals surface area contributed by atoms with Crippen LogP contribution in [0.25, 0.3) is 0 Å². The van der Waals surface area contributed by atoms with E-state index < -0.39 is 16.9 Å². The van der Waals surface area contributed by atoms with Gasteiger partial charge in [0, 0.05) is 0 Å². The molecular weight excluding hydrogens is 364 g/mol. The van der Waals surface area contributed by atoms with Crippen LogP contribution in [0.5, 0.6) is 5.75 Å². The molecule has 0 saturated carbocycles. The molecule has 2 aromatic carbocycles. The Morgan fingerprint density at radius 3 is 2.74 bits per heavy atom. The van der Waals surface area contributed by atoms with Crippen molar-refractivity contribution in [3.8, 4) is 5.75 Å². The molecule has 7 heteroatoms. The van der Waals surface area contributed by atoms with Gasteiger partial charge in [-0.25, -0.2) is 9.69 Å². The van der Waals surface area contributed by atoms with Crippen LogP contribution in [-0.4, -0.2) is 28.0 Å². The third-order valence-corrected chi connectivity index (χ3v) is 6.06. The van der Waals surface area contributed by atoms with E-state index in [4.69, 9.17) is 9.94 Å². The van der Waals surface area contributed by atoms with Crippen LogP contribution in [-0.2, 0) is 22.2 Å². The third-order valence-electron chi connectivity index (χ3n) is 4.42. The predicted octanol–water partition coefficient (Wildman–Crippen LogP) is 2.99. The van der Waals surface area contributed by atoms with E-state index in [0.29, 0.717) is 25.2 Å². The number of hydrogen-bond acceptors (Lipinski definition) is 4. The maximum atomic E-state index is 13.4. The van der Waals surface area contributed by atoms with Crippen LogP contribution >= 0.6 is 0 Å². The van der Waals surface area contributed by atoms with Crippen molar-refractivity contribution in [2.24, 2.45) is 0 Å². The molecule has 142 valence electrons. The molecule has 0 saturated heterocycles. The van der Waals surface area contributed by atoms with Gasteiger partial charge in [-0.05, 0) is 48.7 Å². The van der Waals surface area contributed by atoms with Crippen molar-refractivity contribution >= 4 is 22.6 Å². The normalized spacial score (nSPS) is 18.9. The Hall–Kier alpha value is -2.64. The average molecular weight is 386 g/mol. The van der Waals surface area contributed by atoms with Gasteiger partial charge in [0.2, 0.25) is 5.91 Å². The van der Waals surface area contributed by atoms with E-state index in [1.807, 2.05) is 36.4 Å². The number of fused-ring (bicyclic) bond motifs is 1. The molecule has 2 atom stereocenters. The van der Waals surface area contributed by atoms with E-state index in [0.717, 1.165) is 16.1 Å². The molecule has 1 aliphatic rings. The maximum Gasteiger partial charge on any atom is 0.245 e. The molecule has 0 bridgehead atoms. The van der Waals surface area contributed by atoms with Gasteiger partial charge < -0.3 is 4.74 Å². The minimum absolute atomic E-state index is 0.0466. The zero-order valence-corrected chi connectivity index (χ0v) is 15.7. The highest BCUT2D eigenvalue weighted by atomic mass is 32.2. The number of amides is 1. The van der Waals surface area contributed by atoms with E-state index in [2.05, 4.69) is 6.58 Å². The Balaban J connectivity index is 1.96. The molecule has 1 heterocycles. The fraction of sp³-hybridized carbons (Fsp3) is 0.250. The average Bonchev–Trinajstić information content (AvgIpc) is 2.84. The Bertz CT molecular complexity index is 838. The lowest BCUT2D eigenvalue weighted by molar-refractivity contribution is -0.129. The smallest absolute Gasteiger partial charge is 0.245 e. The first-order valence-corrected chi connectivity index (χ1v) is 9.80. The van der Waals surface area contributed by atoms with Gasteiger partial charge in [0.15, 0.2) is 11.0 Å². The first kappa shape index (κ1) is 19.1. The summed E-state index contributed by atoms with van der Waals surface area (Å²) >= 11 is 0. The summed E-state index contributed by atoms with van der Waals surface area (Å²) in [5.74, 6) is 0.184. The molecule has 1 aliphatic heterocycles. The lowest BCUT2D eigenvalue weighted by Crippen LogP contribution is -2.39. The number of aryl methyl sites for hydroxylation is 1. The lowest BCUT2D eigenvalue weighted by atomic mass is 10.0. The number of carbonyl (C=O) groups excluding carboxylic acids is 1. The summed E-state index contributed by atoms with van der Waals surface area (Å²) < 4.78 is 20.6. The molecule has 2 unspecified atom stereocenters. The monoisotopic (exact) mass is 386 g/mol. The number of benzene rings is 2. The second kappa shape index (κ2) is 8.83. The fourth-order valence-electron chi connectivity index (χ4n) is 3.16. The van der Waals surface area contributed by atoms with Crippen LogP contribution in [0.15, 0.2) is 66.1 Å². The molecular formula is C20H22N2O4S. The van der Waals surface area contributed by atoms with Gasteiger partial charge >= 0.3 is 0 Å². The second-order valence-corrected chi connectivity index (χ2v) is 7.54. The largest absolute Gasteiger partial charge is 0.490 e. The van der Waals surface area contributed by atoms with E-state index >= 15 is 0 Å². The molecule has 2 N–H and O–H groups in total. The second-order valence-electron chi connectivity index (χ2n) is 6.21. The van der Waals surface area contributed by atoms with Crippen molar-refractivity contribution in [1.29, 1.82) is 0 Å². The van der Waals surface area contributed by atoms with Gasteiger partial charge in [-0.15, -0.1) is 0 Å². The van der Waals surface area contributed by atoms with Gasteiger partial charge in [0.05, 0.1) is 23.0 Å². The Morgan fingerprint density at radius 2 is 2.04 bits per heavy atom. The van der Waals surface area contributed by atoms with E-state index in [1.165, 1.54) is 0 Å². The summed E-state index contributed by atoms with van der Waals surface area (Å²) in [7, 11) is -1.47. The highest BCUT2D eigenvalue weighted by molar-refractivity contribution is 7.86. The van der Waals surface area contributed by atoms with Gasteiger partial charge in [0.1, 0.15) is 12.4 Å². The number of carbonyl (C=O) groups is 1. The van der Waals surface area contributed by atoms with Crippen molar-refractivity contribution < 1.29 is 18.9 Å². The van der Waals surface area contributed by atoms with Crippen molar-refractivity contribution in [1.82, 2.24) is 5.48 Å². The first-order chi connectivity index (χ1) is 13.1. The molecule has 0 radical (unpaired) electrons. The van der Waals surface area contributed by atoms with Gasteiger partial charge in [-0.1, -0.05) is 30.9 Å². The fourth-order valence-corrected chi connectivity index (χ4v) is 4.72. The standard InChI is InChI=1S/C20H22N2O4S/c1-2-13-26-18-11-9-16(10-12-18)22-17(14-20(23)21-24)8-7-15-5-3-4-6-19(15)27(22)25/h2-6,9-12,17,24H,1,7-8,13-14H2,(H,21,23). The summed E-state index contributed by atoms with van der Waals surface area (Å²) in [6.07, 6.45) is 3.07. The van der Waals surface area contributed by atoms with Gasteiger partial charge in [-0.2, -0.15) is 0 Å². The van der Waals surface area contributed by atoms with E-state index in [-0.39, 0.29) is 12.5 Å². The highest BCUT2D eigenvalue weighted by Gasteiger charge is 2.31. The molecule has 6 nitrogen and oxygen atoms in total. The van der Waals surface area contributed by atoms with Crippen LogP contribution in [0.2, 0.25) is 0 Å². The van der Waals surface area contributed by atoms with Crippen LogP contribution in [0.4, 0.5) is 5.69 Å². The minimum atomic E-state index is -1.47. The summed E-state index contributed by atoms with van der Waals surface area (Å²) in [5, 5.41) is 8.93. The summed E-state index contributed by atoms with van der Waals surface area (Å²) in [6, 6.07) is 14.6. The number of nitrogens with one attached hydrogen (secondary N) is 1. The van der Waals surface area contributed by atoms with Crippen molar-refractivity contribution in [3.63, 3.8) is 0 Å². The summed E-state index contributed by atoms with van der Waals surface area (Å²) in [5.41, 5.74) is 3.42. The summed E-state index contributed by atoms with van der Waals surface area (Å²) in [4.78, 5) is 12.6. The SMILES string of the molecule is C=CCOc1ccc(N2C(CC(=O)NO)CCc3ccccc3S2=O)cc1. The molecule has 0 spiro atoms. The van der Waals surface area contributed by atoms with Crippen molar-refractivity contribution in [2.45, 2.75) is 30.2 Å². The van der Waals surface area contributed by atoms with Crippen molar-refractivity contribution in [2.75, 3.05) is 10.9 Å². The van der Waals surface area contributed by atoms with Crippen LogP contribution in [0.3, 0.4) is 0 Å². The molecule has 3 rings (SSSR count). The van der Waals surface area contributed by atoms with Gasteiger partial charge in [0.25, 0.3) is 0 Å². The van der Waals surface area contributed by atoms with Gasteiger partial charge in [-0.3, -0.25) is 14.3 Å². The van der Waals surface area contributed by atoms with Crippen LogP contribution in [0.1, 0.15) is 18.4 Å². The summed E-state index contributed by atoms with van der Waals surface area (Å²) in [6.45, 7) is 4.03. The lowest BCUT2D eigenvalue weighted by Gasteiger charge is -2.30. The predicted molar refractivity (Wildman–Crippen MR) is 104 cm³/mol. The quantitative estimate of drug-likeness (QED) is 0.454. The first-order valence-electron chi connectivity index (χ1n) is 8.69. The molecule has 0 aliphatic carbocycles. The molecule has 0 fully saturated rings. The number of nitrogens with zero attached hydrogens (tertiary/aromatic N) is 1. The number of hydroxylamine groups is 1. The number of anilines is 1. The third kappa shape index (κ3) is 4.37. The Morgan fingerprint density at radius 1 is 1.30 bits per heavy atom. The number of hydrogen-bond donors (Lipinski definition) is 2. The number of ether oxygens (including phenoxy) is 1. The topological polar surface area (TPSA) is 78.9 Å². The molecule has 2 aromatic rings. The Labute approximate surface area is 161 Å².